The van der Waals surface area contributed by atoms with Gasteiger partial charge in [0.1, 0.15) is 11.6 Å². The van der Waals surface area contributed by atoms with Gasteiger partial charge in [-0.3, -0.25) is 9.89 Å². The lowest BCUT2D eigenvalue weighted by atomic mass is 10.1. The number of aromatic amines is 1. The normalized spacial score (nSPS) is 21.8. The molecule has 0 unspecified atom stereocenters. The minimum atomic E-state index is -0.215. The van der Waals surface area contributed by atoms with Crippen LogP contribution in [0.15, 0.2) is 24.4 Å². The zero-order chi connectivity index (χ0) is 20.8. The molecule has 1 aliphatic heterocycles. The van der Waals surface area contributed by atoms with Crippen molar-refractivity contribution in [3.8, 4) is 0 Å². The summed E-state index contributed by atoms with van der Waals surface area (Å²) in [7, 11) is 0. The second kappa shape index (κ2) is 7.55. The zero-order valence-corrected chi connectivity index (χ0v) is 17.5. The SMILES string of the molecule is O=C(NC1CCCC1)[C@@H]1CCCN1c1nc(Nc2cc(C3CC3)[nH]n2)c2cccn2n1. The Kier molecular flexibility index (Phi) is 4.54. The van der Waals surface area contributed by atoms with Crippen LogP contribution in [0.5, 0.6) is 0 Å². The Labute approximate surface area is 180 Å². The fourth-order valence-corrected chi connectivity index (χ4v) is 4.91. The van der Waals surface area contributed by atoms with Crippen molar-refractivity contribution < 1.29 is 4.79 Å². The number of anilines is 3. The third-order valence-electron chi connectivity index (χ3n) is 6.76. The standard InChI is InChI=1S/C22H28N8O/c31-21(23-15-5-1-2-6-15)18-8-3-11-29(18)22-25-20(17-7-4-12-30(17)28-22)24-19-13-16(26-27-19)14-9-10-14/h4,7,12-15,18H,1-3,5-6,8-11H2,(H,23,31)(H2,24,25,26,27,28)/t18-/m0/s1. The molecule has 9 nitrogen and oxygen atoms in total. The van der Waals surface area contributed by atoms with E-state index >= 15 is 0 Å². The van der Waals surface area contributed by atoms with E-state index in [1.165, 1.54) is 31.4 Å². The fourth-order valence-electron chi connectivity index (χ4n) is 4.91. The molecule has 3 aromatic heterocycles. The Hall–Kier alpha value is -3.10. The molecule has 3 aromatic rings. The van der Waals surface area contributed by atoms with Crippen LogP contribution in [-0.2, 0) is 4.79 Å². The largest absolute Gasteiger partial charge is 0.352 e. The average molecular weight is 421 g/mol. The summed E-state index contributed by atoms with van der Waals surface area (Å²) < 4.78 is 1.82. The number of carbonyl (C=O) groups is 1. The summed E-state index contributed by atoms with van der Waals surface area (Å²) in [5, 5.41) is 18.9. The van der Waals surface area contributed by atoms with E-state index in [0.717, 1.165) is 43.6 Å². The van der Waals surface area contributed by atoms with Crippen LogP contribution in [0, 0.1) is 0 Å². The highest BCUT2D eigenvalue weighted by Crippen LogP contribution is 2.39. The first kappa shape index (κ1) is 18.7. The molecule has 0 spiro atoms. The molecule has 4 heterocycles. The van der Waals surface area contributed by atoms with Gasteiger partial charge in [0.05, 0.1) is 0 Å². The second-order valence-electron chi connectivity index (χ2n) is 9.05. The lowest BCUT2D eigenvalue weighted by molar-refractivity contribution is -0.122. The average Bonchev–Trinajstić information content (AvgIpc) is 3.27. The molecule has 3 aliphatic rings. The minimum absolute atomic E-state index is 0.108. The van der Waals surface area contributed by atoms with Gasteiger partial charge in [-0.2, -0.15) is 10.1 Å². The molecule has 1 amide bonds. The lowest BCUT2D eigenvalue weighted by Gasteiger charge is -2.25. The summed E-state index contributed by atoms with van der Waals surface area (Å²) in [4.78, 5) is 19.9. The van der Waals surface area contributed by atoms with Gasteiger partial charge in [0.25, 0.3) is 0 Å². The smallest absolute Gasteiger partial charge is 0.246 e. The first-order valence-electron chi connectivity index (χ1n) is 11.5. The number of amides is 1. The highest BCUT2D eigenvalue weighted by Gasteiger charge is 2.34. The molecular formula is C22H28N8O. The summed E-state index contributed by atoms with van der Waals surface area (Å²) >= 11 is 0. The van der Waals surface area contributed by atoms with E-state index in [-0.39, 0.29) is 11.9 Å². The number of hydrogen-bond donors (Lipinski definition) is 3. The van der Waals surface area contributed by atoms with Crippen LogP contribution in [0.3, 0.4) is 0 Å². The van der Waals surface area contributed by atoms with Crippen molar-refractivity contribution in [3.63, 3.8) is 0 Å². The van der Waals surface area contributed by atoms with E-state index in [2.05, 4.69) is 31.8 Å². The molecule has 6 rings (SSSR count). The van der Waals surface area contributed by atoms with Gasteiger partial charge in [-0.1, -0.05) is 12.8 Å². The van der Waals surface area contributed by atoms with Crippen LogP contribution in [0.25, 0.3) is 5.52 Å². The highest BCUT2D eigenvalue weighted by molar-refractivity contribution is 5.86. The molecule has 0 bridgehead atoms. The van der Waals surface area contributed by atoms with Crippen LogP contribution >= 0.6 is 0 Å². The van der Waals surface area contributed by atoms with Gasteiger partial charge in [-0.25, -0.2) is 4.52 Å². The minimum Gasteiger partial charge on any atom is -0.352 e. The number of fused-ring (bicyclic) bond motifs is 1. The zero-order valence-electron chi connectivity index (χ0n) is 17.5. The van der Waals surface area contributed by atoms with Crippen LogP contribution in [0.4, 0.5) is 17.6 Å². The maximum absolute atomic E-state index is 13.0. The number of nitrogens with zero attached hydrogens (tertiary/aromatic N) is 5. The Morgan fingerprint density at radius 2 is 2.00 bits per heavy atom. The molecule has 3 N–H and O–H groups in total. The Morgan fingerprint density at radius 3 is 2.84 bits per heavy atom. The molecule has 0 aromatic carbocycles. The molecule has 162 valence electrons. The van der Waals surface area contributed by atoms with Crippen LogP contribution < -0.4 is 15.5 Å². The second-order valence-corrected chi connectivity index (χ2v) is 9.05. The van der Waals surface area contributed by atoms with Crippen molar-refractivity contribution in [2.75, 3.05) is 16.8 Å². The number of rotatable bonds is 6. The molecule has 0 radical (unpaired) electrons. The van der Waals surface area contributed by atoms with Gasteiger partial charge in [0.15, 0.2) is 11.6 Å². The summed E-state index contributed by atoms with van der Waals surface area (Å²) in [6.45, 7) is 0.781. The van der Waals surface area contributed by atoms with E-state index in [1.807, 2.05) is 22.8 Å². The van der Waals surface area contributed by atoms with E-state index in [4.69, 9.17) is 10.1 Å². The van der Waals surface area contributed by atoms with E-state index < -0.39 is 0 Å². The number of H-pyrrole nitrogens is 1. The topological polar surface area (TPSA) is 103 Å². The number of aromatic nitrogens is 5. The summed E-state index contributed by atoms with van der Waals surface area (Å²) in [5.41, 5.74) is 2.05. The maximum atomic E-state index is 13.0. The Balaban J connectivity index is 1.27. The molecule has 3 fully saturated rings. The van der Waals surface area contributed by atoms with E-state index in [1.54, 1.807) is 0 Å². The number of nitrogens with one attached hydrogen (secondary N) is 3. The van der Waals surface area contributed by atoms with Gasteiger partial charge in [-0.15, -0.1) is 5.10 Å². The highest BCUT2D eigenvalue weighted by atomic mass is 16.2. The molecule has 9 heteroatoms. The van der Waals surface area contributed by atoms with Gasteiger partial charge in [0.2, 0.25) is 11.9 Å². The van der Waals surface area contributed by atoms with Crippen LogP contribution in [-0.4, -0.2) is 49.3 Å². The molecule has 2 aliphatic carbocycles. The van der Waals surface area contributed by atoms with Crippen molar-refractivity contribution in [1.29, 1.82) is 0 Å². The summed E-state index contributed by atoms with van der Waals surface area (Å²) in [5.74, 6) is 2.75. The van der Waals surface area contributed by atoms with Crippen LogP contribution in [0.1, 0.15) is 63.0 Å². The quantitative estimate of drug-likeness (QED) is 0.566. The van der Waals surface area contributed by atoms with Gasteiger partial charge in [0, 0.05) is 36.5 Å². The monoisotopic (exact) mass is 420 g/mol. The van der Waals surface area contributed by atoms with Crippen molar-refractivity contribution in [1.82, 2.24) is 30.1 Å². The predicted molar refractivity (Wildman–Crippen MR) is 118 cm³/mol. The predicted octanol–water partition coefficient (Wildman–Crippen LogP) is 3.10. The maximum Gasteiger partial charge on any atom is 0.246 e. The summed E-state index contributed by atoms with van der Waals surface area (Å²) in [6.07, 6.45) is 10.7. The third-order valence-corrected chi connectivity index (χ3v) is 6.76. The third kappa shape index (κ3) is 3.62. The van der Waals surface area contributed by atoms with Crippen molar-refractivity contribution in [3.05, 3.63) is 30.1 Å². The molecular weight excluding hydrogens is 392 g/mol. The van der Waals surface area contributed by atoms with Gasteiger partial charge in [-0.05, 0) is 50.7 Å². The first-order valence-corrected chi connectivity index (χ1v) is 11.5. The molecule has 1 atom stereocenters. The summed E-state index contributed by atoms with van der Waals surface area (Å²) in [6, 6.07) is 6.10. The van der Waals surface area contributed by atoms with Gasteiger partial charge >= 0.3 is 0 Å². The van der Waals surface area contributed by atoms with E-state index in [0.29, 0.717) is 23.7 Å². The Bertz CT molecular complexity index is 1090. The van der Waals surface area contributed by atoms with Crippen molar-refractivity contribution in [2.24, 2.45) is 0 Å². The Morgan fingerprint density at radius 1 is 1.13 bits per heavy atom. The first-order chi connectivity index (χ1) is 15.2. The number of carbonyl (C=O) groups excluding carboxylic acids is 1. The van der Waals surface area contributed by atoms with Crippen molar-refractivity contribution in [2.45, 2.75) is 69.4 Å². The van der Waals surface area contributed by atoms with E-state index in [9.17, 15) is 4.79 Å². The van der Waals surface area contributed by atoms with Gasteiger partial charge < -0.3 is 15.5 Å². The lowest BCUT2D eigenvalue weighted by Crippen LogP contribution is -2.47. The molecule has 31 heavy (non-hydrogen) atoms. The molecule has 2 saturated carbocycles. The molecule has 1 saturated heterocycles. The van der Waals surface area contributed by atoms with Crippen molar-refractivity contribution >= 4 is 29.0 Å². The van der Waals surface area contributed by atoms with Crippen LogP contribution in [0.2, 0.25) is 0 Å². The fraction of sp³-hybridized carbons (Fsp3) is 0.545. The number of hydrogen-bond acceptors (Lipinski definition) is 6.